The summed E-state index contributed by atoms with van der Waals surface area (Å²) in [6.45, 7) is 0.479. The molecule has 0 amide bonds. The second-order valence-electron chi connectivity index (χ2n) is 3.42. The summed E-state index contributed by atoms with van der Waals surface area (Å²) in [6.07, 6.45) is 0. The lowest BCUT2D eigenvalue weighted by Crippen LogP contribution is -1.94. The third-order valence-electron chi connectivity index (χ3n) is 2.18. The molecule has 0 radical (unpaired) electrons. The molecular formula is C12H10BrClO2S. The van der Waals surface area contributed by atoms with Crippen molar-refractivity contribution in [3.05, 3.63) is 49.6 Å². The van der Waals surface area contributed by atoms with Crippen LogP contribution >= 0.6 is 38.9 Å². The maximum atomic E-state index is 8.96. The summed E-state index contributed by atoms with van der Waals surface area (Å²) in [5, 5.41) is 9.48. The van der Waals surface area contributed by atoms with Gasteiger partial charge >= 0.3 is 0 Å². The van der Waals surface area contributed by atoms with Gasteiger partial charge in [0.05, 0.1) is 15.4 Å². The van der Waals surface area contributed by atoms with Crippen LogP contribution < -0.4 is 4.74 Å². The van der Waals surface area contributed by atoms with Gasteiger partial charge in [-0.1, -0.05) is 17.7 Å². The van der Waals surface area contributed by atoms with Crippen LogP contribution in [0.2, 0.25) is 5.02 Å². The number of halogens is 2. The van der Waals surface area contributed by atoms with Crippen molar-refractivity contribution in [2.75, 3.05) is 0 Å². The van der Waals surface area contributed by atoms with E-state index in [0.29, 0.717) is 17.4 Å². The molecule has 0 atom stereocenters. The Morgan fingerprint density at radius 3 is 2.71 bits per heavy atom. The van der Waals surface area contributed by atoms with E-state index in [9.17, 15) is 0 Å². The summed E-state index contributed by atoms with van der Waals surface area (Å²) in [7, 11) is 0. The zero-order valence-electron chi connectivity index (χ0n) is 8.82. The predicted octanol–water partition coefficient (Wildman–Crippen LogP) is 4.24. The van der Waals surface area contributed by atoms with Crippen molar-refractivity contribution in [1.82, 2.24) is 0 Å². The van der Waals surface area contributed by atoms with Gasteiger partial charge in [0.1, 0.15) is 12.4 Å². The standard InChI is InChI=1S/C12H10BrClO2S/c13-12-4-2-9(17-12)7-16-11-3-1-8(6-15)5-10(11)14/h1-5,15H,6-7H2. The Bertz CT molecular complexity index is 513. The molecule has 90 valence electrons. The Labute approximate surface area is 117 Å². The molecule has 0 aliphatic carbocycles. The van der Waals surface area contributed by atoms with Gasteiger partial charge in [-0.05, 0) is 45.8 Å². The first-order chi connectivity index (χ1) is 8.19. The summed E-state index contributed by atoms with van der Waals surface area (Å²) >= 11 is 11.1. The highest BCUT2D eigenvalue weighted by Crippen LogP contribution is 2.28. The minimum Gasteiger partial charge on any atom is -0.487 e. The zero-order valence-corrected chi connectivity index (χ0v) is 12.0. The largest absolute Gasteiger partial charge is 0.487 e. The van der Waals surface area contributed by atoms with Crippen molar-refractivity contribution in [2.24, 2.45) is 0 Å². The molecule has 0 unspecified atom stereocenters. The van der Waals surface area contributed by atoms with Crippen LogP contribution in [-0.4, -0.2) is 5.11 Å². The Morgan fingerprint density at radius 1 is 1.29 bits per heavy atom. The van der Waals surface area contributed by atoms with E-state index in [2.05, 4.69) is 15.9 Å². The van der Waals surface area contributed by atoms with Gasteiger partial charge < -0.3 is 9.84 Å². The zero-order chi connectivity index (χ0) is 12.3. The number of hydrogen-bond donors (Lipinski definition) is 1. The number of aliphatic hydroxyl groups is 1. The first-order valence-electron chi connectivity index (χ1n) is 4.95. The van der Waals surface area contributed by atoms with E-state index >= 15 is 0 Å². The van der Waals surface area contributed by atoms with Crippen LogP contribution in [0.4, 0.5) is 0 Å². The predicted molar refractivity (Wildman–Crippen MR) is 73.7 cm³/mol. The third kappa shape index (κ3) is 3.45. The Kier molecular flexibility index (Phi) is 4.45. The van der Waals surface area contributed by atoms with E-state index in [1.165, 1.54) is 0 Å². The van der Waals surface area contributed by atoms with Crippen molar-refractivity contribution >= 4 is 38.9 Å². The quantitative estimate of drug-likeness (QED) is 0.907. The molecule has 17 heavy (non-hydrogen) atoms. The molecule has 0 spiro atoms. The fourth-order valence-electron chi connectivity index (χ4n) is 1.34. The molecule has 1 aromatic heterocycles. The molecule has 1 aromatic carbocycles. The molecule has 0 aliphatic heterocycles. The van der Waals surface area contributed by atoms with Crippen LogP contribution in [0.1, 0.15) is 10.4 Å². The lowest BCUT2D eigenvalue weighted by Gasteiger charge is -2.07. The average Bonchev–Trinajstić information content (AvgIpc) is 2.73. The van der Waals surface area contributed by atoms with Gasteiger partial charge in [0, 0.05) is 4.88 Å². The molecule has 2 aromatic rings. The second kappa shape index (κ2) is 5.87. The van der Waals surface area contributed by atoms with Crippen LogP contribution in [-0.2, 0) is 13.2 Å². The lowest BCUT2D eigenvalue weighted by atomic mass is 10.2. The topological polar surface area (TPSA) is 29.5 Å². The number of rotatable bonds is 4. The highest BCUT2D eigenvalue weighted by molar-refractivity contribution is 9.11. The molecule has 1 N–H and O–H groups in total. The number of benzene rings is 1. The summed E-state index contributed by atoms with van der Waals surface area (Å²) in [6, 6.07) is 9.27. The molecular weight excluding hydrogens is 324 g/mol. The molecule has 0 saturated heterocycles. The van der Waals surface area contributed by atoms with Gasteiger partial charge in [-0.25, -0.2) is 0 Å². The monoisotopic (exact) mass is 332 g/mol. The van der Waals surface area contributed by atoms with E-state index in [1.807, 2.05) is 12.1 Å². The van der Waals surface area contributed by atoms with E-state index in [1.54, 1.807) is 29.5 Å². The molecule has 5 heteroatoms. The van der Waals surface area contributed by atoms with Crippen LogP contribution in [0.15, 0.2) is 34.1 Å². The SMILES string of the molecule is OCc1ccc(OCc2ccc(Br)s2)c(Cl)c1. The maximum absolute atomic E-state index is 8.96. The molecule has 2 rings (SSSR count). The summed E-state index contributed by atoms with van der Waals surface area (Å²) in [5.74, 6) is 0.633. The average molecular weight is 334 g/mol. The highest BCUT2D eigenvalue weighted by atomic mass is 79.9. The van der Waals surface area contributed by atoms with Gasteiger partial charge in [0.25, 0.3) is 0 Å². The van der Waals surface area contributed by atoms with Crippen LogP contribution in [0, 0.1) is 0 Å². The highest BCUT2D eigenvalue weighted by Gasteiger charge is 2.04. The second-order valence-corrected chi connectivity index (χ2v) is 6.37. The van der Waals surface area contributed by atoms with Crippen molar-refractivity contribution in [3.8, 4) is 5.75 Å². The Hall–Kier alpha value is -0.550. The van der Waals surface area contributed by atoms with Gasteiger partial charge in [-0.3, -0.25) is 0 Å². The molecule has 0 aliphatic rings. The lowest BCUT2D eigenvalue weighted by molar-refractivity contribution is 0.281. The van der Waals surface area contributed by atoms with Crippen molar-refractivity contribution in [3.63, 3.8) is 0 Å². The van der Waals surface area contributed by atoms with Crippen molar-refractivity contribution < 1.29 is 9.84 Å². The fraction of sp³-hybridized carbons (Fsp3) is 0.167. The van der Waals surface area contributed by atoms with Crippen LogP contribution in [0.3, 0.4) is 0 Å². The molecule has 0 saturated carbocycles. The van der Waals surface area contributed by atoms with Gasteiger partial charge in [-0.2, -0.15) is 0 Å². The summed E-state index contributed by atoms with van der Waals surface area (Å²) < 4.78 is 6.69. The summed E-state index contributed by atoms with van der Waals surface area (Å²) in [4.78, 5) is 1.12. The Balaban J connectivity index is 2.04. The van der Waals surface area contributed by atoms with Gasteiger partial charge in [0.2, 0.25) is 0 Å². The molecule has 0 bridgehead atoms. The van der Waals surface area contributed by atoms with Crippen LogP contribution in [0.25, 0.3) is 0 Å². The Morgan fingerprint density at radius 2 is 2.12 bits per heavy atom. The smallest absolute Gasteiger partial charge is 0.138 e. The van der Waals surface area contributed by atoms with E-state index in [0.717, 1.165) is 14.2 Å². The first kappa shape index (κ1) is 12.9. The third-order valence-corrected chi connectivity index (χ3v) is 4.07. The first-order valence-corrected chi connectivity index (χ1v) is 6.94. The van der Waals surface area contributed by atoms with E-state index in [4.69, 9.17) is 21.4 Å². The number of hydrogen-bond acceptors (Lipinski definition) is 3. The van der Waals surface area contributed by atoms with E-state index in [-0.39, 0.29) is 6.61 Å². The summed E-state index contributed by atoms with van der Waals surface area (Å²) in [5.41, 5.74) is 0.779. The van der Waals surface area contributed by atoms with Crippen molar-refractivity contribution in [1.29, 1.82) is 0 Å². The van der Waals surface area contributed by atoms with Gasteiger partial charge in [-0.15, -0.1) is 11.3 Å². The normalized spacial score (nSPS) is 10.5. The number of thiophene rings is 1. The molecule has 0 fully saturated rings. The number of ether oxygens (including phenoxy) is 1. The number of aliphatic hydroxyl groups excluding tert-OH is 1. The maximum Gasteiger partial charge on any atom is 0.138 e. The minimum atomic E-state index is -0.0160. The fourth-order valence-corrected chi connectivity index (χ4v) is 2.99. The minimum absolute atomic E-state index is 0.0160. The van der Waals surface area contributed by atoms with Crippen LogP contribution in [0.5, 0.6) is 5.75 Å². The molecule has 1 heterocycles. The van der Waals surface area contributed by atoms with E-state index < -0.39 is 0 Å². The van der Waals surface area contributed by atoms with Crippen molar-refractivity contribution in [2.45, 2.75) is 13.2 Å². The molecule has 2 nitrogen and oxygen atoms in total. The van der Waals surface area contributed by atoms with Gasteiger partial charge in [0.15, 0.2) is 0 Å².